The predicted octanol–water partition coefficient (Wildman–Crippen LogP) is 2.42. The minimum absolute atomic E-state index is 0.168. The zero-order valence-electron chi connectivity index (χ0n) is 9.35. The molecule has 84 valence electrons. The van der Waals surface area contributed by atoms with E-state index in [0.717, 1.165) is 30.6 Å². The molecule has 1 rings (SSSR count). The third-order valence-corrected chi connectivity index (χ3v) is 2.46. The zero-order valence-corrected chi connectivity index (χ0v) is 9.35. The first kappa shape index (κ1) is 12.0. The van der Waals surface area contributed by atoms with Gasteiger partial charge < -0.3 is 10.5 Å². The lowest BCUT2D eigenvalue weighted by molar-refractivity contribution is 0.407. The Balaban J connectivity index is 2.80. The lowest BCUT2D eigenvalue weighted by Crippen LogP contribution is -2.00. The monoisotopic (exact) mass is 211 g/mol. The Bertz CT molecular complexity index is 326. The summed E-state index contributed by atoms with van der Waals surface area (Å²) in [6, 6.07) is 3.30. The van der Waals surface area contributed by atoms with Crippen molar-refractivity contribution in [2.75, 3.05) is 13.7 Å². The second-order valence-electron chi connectivity index (χ2n) is 3.66. The summed E-state index contributed by atoms with van der Waals surface area (Å²) in [4.78, 5) is 0. The van der Waals surface area contributed by atoms with Gasteiger partial charge in [-0.3, -0.25) is 0 Å². The Morgan fingerprint density at radius 3 is 2.67 bits per heavy atom. The van der Waals surface area contributed by atoms with Crippen LogP contribution in [0.1, 0.15) is 24.0 Å². The van der Waals surface area contributed by atoms with E-state index in [2.05, 4.69) is 0 Å². The summed E-state index contributed by atoms with van der Waals surface area (Å²) >= 11 is 0. The number of benzene rings is 1. The van der Waals surface area contributed by atoms with Crippen molar-refractivity contribution in [3.05, 3.63) is 29.1 Å². The summed E-state index contributed by atoms with van der Waals surface area (Å²) in [5, 5.41) is 0. The predicted molar refractivity (Wildman–Crippen MR) is 59.7 cm³/mol. The molecule has 0 spiro atoms. The minimum Gasteiger partial charge on any atom is -0.496 e. The molecule has 0 bridgehead atoms. The van der Waals surface area contributed by atoms with Crippen molar-refractivity contribution in [2.45, 2.75) is 26.2 Å². The first-order chi connectivity index (χ1) is 7.19. The van der Waals surface area contributed by atoms with Gasteiger partial charge in [0, 0.05) is 0 Å². The molecule has 0 amide bonds. The molecule has 0 unspecified atom stereocenters. The number of rotatable bonds is 5. The van der Waals surface area contributed by atoms with Gasteiger partial charge in [0.15, 0.2) is 0 Å². The topological polar surface area (TPSA) is 35.2 Å². The molecule has 0 heterocycles. The van der Waals surface area contributed by atoms with Crippen LogP contribution in [0.5, 0.6) is 5.75 Å². The van der Waals surface area contributed by atoms with E-state index in [9.17, 15) is 4.39 Å². The molecule has 3 heteroatoms. The molecule has 2 nitrogen and oxygen atoms in total. The smallest absolute Gasteiger partial charge is 0.126 e. The van der Waals surface area contributed by atoms with Crippen molar-refractivity contribution in [3.8, 4) is 5.75 Å². The molecule has 0 aliphatic rings. The Labute approximate surface area is 90.2 Å². The van der Waals surface area contributed by atoms with Crippen LogP contribution in [0.4, 0.5) is 4.39 Å². The van der Waals surface area contributed by atoms with Gasteiger partial charge in [-0.25, -0.2) is 4.39 Å². The SMILES string of the molecule is COc1cc(C)c(F)cc1CCCCN. The highest BCUT2D eigenvalue weighted by atomic mass is 19.1. The average molecular weight is 211 g/mol. The number of halogens is 1. The molecule has 1 aromatic rings. The highest BCUT2D eigenvalue weighted by Gasteiger charge is 2.07. The average Bonchev–Trinajstić information content (AvgIpc) is 2.23. The Kier molecular flexibility index (Phi) is 4.56. The molecule has 0 saturated heterocycles. The van der Waals surface area contributed by atoms with Crippen molar-refractivity contribution in [1.82, 2.24) is 0 Å². The molecular weight excluding hydrogens is 193 g/mol. The van der Waals surface area contributed by atoms with Crippen LogP contribution < -0.4 is 10.5 Å². The van der Waals surface area contributed by atoms with Gasteiger partial charge in [-0.2, -0.15) is 0 Å². The van der Waals surface area contributed by atoms with Crippen molar-refractivity contribution in [3.63, 3.8) is 0 Å². The summed E-state index contributed by atoms with van der Waals surface area (Å²) in [5.74, 6) is 0.601. The van der Waals surface area contributed by atoms with Crippen LogP contribution >= 0.6 is 0 Å². The van der Waals surface area contributed by atoms with Gasteiger partial charge in [0.1, 0.15) is 11.6 Å². The second kappa shape index (κ2) is 5.71. The van der Waals surface area contributed by atoms with Crippen LogP contribution in [-0.4, -0.2) is 13.7 Å². The quantitative estimate of drug-likeness (QED) is 0.759. The molecule has 2 N–H and O–H groups in total. The van der Waals surface area contributed by atoms with Gasteiger partial charge >= 0.3 is 0 Å². The molecule has 0 fully saturated rings. The first-order valence-corrected chi connectivity index (χ1v) is 5.22. The maximum Gasteiger partial charge on any atom is 0.126 e. The van der Waals surface area contributed by atoms with E-state index in [1.165, 1.54) is 0 Å². The van der Waals surface area contributed by atoms with Gasteiger partial charge in [-0.1, -0.05) is 0 Å². The summed E-state index contributed by atoms with van der Waals surface area (Å²) in [7, 11) is 1.61. The van der Waals surface area contributed by atoms with Crippen LogP contribution in [0.25, 0.3) is 0 Å². The molecule has 0 atom stereocenters. The van der Waals surface area contributed by atoms with Gasteiger partial charge in [0.2, 0.25) is 0 Å². The molecule has 0 aromatic heterocycles. The van der Waals surface area contributed by atoms with Gasteiger partial charge in [0.05, 0.1) is 7.11 Å². The zero-order chi connectivity index (χ0) is 11.3. The van der Waals surface area contributed by atoms with Crippen molar-refractivity contribution >= 4 is 0 Å². The van der Waals surface area contributed by atoms with E-state index in [1.807, 2.05) is 0 Å². The Morgan fingerprint density at radius 2 is 2.07 bits per heavy atom. The number of ether oxygens (including phenoxy) is 1. The van der Waals surface area contributed by atoms with E-state index in [0.29, 0.717) is 12.1 Å². The van der Waals surface area contributed by atoms with Gasteiger partial charge in [0.25, 0.3) is 0 Å². The summed E-state index contributed by atoms with van der Waals surface area (Å²) in [6.45, 7) is 2.41. The highest BCUT2D eigenvalue weighted by molar-refractivity contribution is 5.38. The number of hydrogen-bond donors (Lipinski definition) is 1. The largest absolute Gasteiger partial charge is 0.496 e. The summed E-state index contributed by atoms with van der Waals surface area (Å²) in [5.41, 5.74) is 6.96. The molecule has 15 heavy (non-hydrogen) atoms. The fourth-order valence-electron chi connectivity index (χ4n) is 1.54. The molecule has 0 radical (unpaired) electrons. The van der Waals surface area contributed by atoms with Crippen LogP contribution in [0, 0.1) is 12.7 Å². The van der Waals surface area contributed by atoms with Crippen molar-refractivity contribution in [1.29, 1.82) is 0 Å². The number of methoxy groups -OCH3 is 1. The molecular formula is C12H18FNO. The second-order valence-corrected chi connectivity index (χ2v) is 3.66. The highest BCUT2D eigenvalue weighted by Crippen LogP contribution is 2.23. The van der Waals surface area contributed by atoms with E-state index < -0.39 is 0 Å². The summed E-state index contributed by atoms with van der Waals surface area (Å²) < 4.78 is 18.5. The maximum atomic E-state index is 13.3. The fraction of sp³-hybridized carbons (Fsp3) is 0.500. The van der Waals surface area contributed by atoms with E-state index in [1.54, 1.807) is 26.2 Å². The number of unbranched alkanes of at least 4 members (excludes halogenated alkanes) is 1. The summed E-state index contributed by atoms with van der Waals surface area (Å²) in [6.07, 6.45) is 2.74. The minimum atomic E-state index is -0.168. The fourth-order valence-corrected chi connectivity index (χ4v) is 1.54. The van der Waals surface area contributed by atoms with E-state index in [4.69, 9.17) is 10.5 Å². The van der Waals surface area contributed by atoms with Crippen molar-refractivity contribution in [2.24, 2.45) is 5.73 Å². The molecule has 1 aromatic carbocycles. The Morgan fingerprint density at radius 1 is 1.33 bits per heavy atom. The van der Waals surface area contributed by atoms with Crippen LogP contribution in [0.2, 0.25) is 0 Å². The third-order valence-electron chi connectivity index (χ3n) is 2.46. The lowest BCUT2D eigenvalue weighted by Gasteiger charge is -2.10. The van der Waals surface area contributed by atoms with Crippen LogP contribution in [-0.2, 0) is 6.42 Å². The molecule has 0 aliphatic carbocycles. The van der Waals surface area contributed by atoms with Gasteiger partial charge in [-0.05, 0) is 56.0 Å². The van der Waals surface area contributed by atoms with E-state index in [-0.39, 0.29) is 5.82 Å². The number of hydrogen-bond acceptors (Lipinski definition) is 2. The number of aryl methyl sites for hydroxylation is 2. The normalized spacial score (nSPS) is 10.4. The first-order valence-electron chi connectivity index (χ1n) is 5.22. The molecule has 0 aliphatic heterocycles. The Hall–Kier alpha value is -1.09. The maximum absolute atomic E-state index is 13.3. The number of nitrogens with two attached hydrogens (primary N) is 1. The van der Waals surface area contributed by atoms with E-state index >= 15 is 0 Å². The van der Waals surface area contributed by atoms with Crippen LogP contribution in [0.3, 0.4) is 0 Å². The van der Waals surface area contributed by atoms with Crippen molar-refractivity contribution < 1.29 is 9.13 Å². The standard InChI is InChI=1S/C12H18FNO/c1-9-7-12(15-2)10(8-11(9)13)5-3-4-6-14/h7-8H,3-6,14H2,1-2H3. The third kappa shape index (κ3) is 3.20. The van der Waals surface area contributed by atoms with Crippen LogP contribution in [0.15, 0.2) is 12.1 Å². The van der Waals surface area contributed by atoms with Gasteiger partial charge in [-0.15, -0.1) is 0 Å². The lowest BCUT2D eigenvalue weighted by atomic mass is 10.0. The molecule has 0 saturated carbocycles.